The van der Waals surface area contributed by atoms with Gasteiger partial charge in [-0.15, -0.1) is 0 Å². The zero-order valence-corrected chi connectivity index (χ0v) is 12.4. The molecule has 0 amide bonds. The van der Waals surface area contributed by atoms with E-state index in [1.807, 2.05) is 0 Å². The molecule has 1 unspecified atom stereocenters. The summed E-state index contributed by atoms with van der Waals surface area (Å²) in [4.78, 5) is 15.1. The standard InChI is InChI=1S/C13H22ClN5/c1-3-7-10(2)15-12-16-11(14)17-13(18-12)19-8-5-4-6-9-19/h10H,3-9H2,1-2H3,(H,15,16,17,18). The van der Waals surface area contributed by atoms with Crippen molar-refractivity contribution >= 4 is 23.5 Å². The predicted molar refractivity (Wildman–Crippen MR) is 78.9 cm³/mol. The van der Waals surface area contributed by atoms with E-state index in [-0.39, 0.29) is 5.28 Å². The SMILES string of the molecule is CCCC(C)Nc1nc(Cl)nc(N2CCCCC2)n1. The first-order chi connectivity index (χ1) is 9.19. The number of piperidine rings is 1. The summed E-state index contributed by atoms with van der Waals surface area (Å²) in [6.07, 6.45) is 5.89. The van der Waals surface area contributed by atoms with Crippen LogP contribution in [0.5, 0.6) is 0 Å². The summed E-state index contributed by atoms with van der Waals surface area (Å²) in [7, 11) is 0. The molecule has 1 aromatic heterocycles. The van der Waals surface area contributed by atoms with Crippen molar-refractivity contribution in [3.63, 3.8) is 0 Å². The normalized spacial score (nSPS) is 17.3. The second-order valence-corrected chi connectivity index (χ2v) is 5.45. The second-order valence-electron chi connectivity index (χ2n) is 5.11. The Morgan fingerprint density at radius 2 is 1.95 bits per heavy atom. The third-order valence-corrected chi connectivity index (χ3v) is 3.50. The van der Waals surface area contributed by atoms with E-state index in [2.05, 4.69) is 39.0 Å². The molecular formula is C13H22ClN5. The molecule has 0 spiro atoms. The van der Waals surface area contributed by atoms with Gasteiger partial charge in [0.2, 0.25) is 17.2 Å². The fourth-order valence-electron chi connectivity index (χ4n) is 2.37. The largest absolute Gasteiger partial charge is 0.352 e. The summed E-state index contributed by atoms with van der Waals surface area (Å²) in [5.41, 5.74) is 0. The topological polar surface area (TPSA) is 53.9 Å². The van der Waals surface area contributed by atoms with Crippen molar-refractivity contribution in [2.24, 2.45) is 0 Å². The van der Waals surface area contributed by atoms with Crippen LogP contribution >= 0.6 is 11.6 Å². The average molecular weight is 284 g/mol. The van der Waals surface area contributed by atoms with Gasteiger partial charge in [0.05, 0.1) is 0 Å². The fourth-order valence-corrected chi connectivity index (χ4v) is 2.52. The molecule has 19 heavy (non-hydrogen) atoms. The first kappa shape index (κ1) is 14.3. The molecule has 2 rings (SSSR count). The van der Waals surface area contributed by atoms with Crippen molar-refractivity contribution in [3.8, 4) is 0 Å². The minimum Gasteiger partial charge on any atom is -0.352 e. The lowest BCUT2D eigenvalue weighted by atomic mass is 10.1. The summed E-state index contributed by atoms with van der Waals surface area (Å²) in [6, 6.07) is 0.345. The van der Waals surface area contributed by atoms with Crippen LogP contribution in [0.1, 0.15) is 46.0 Å². The fraction of sp³-hybridized carbons (Fsp3) is 0.769. The number of hydrogen-bond donors (Lipinski definition) is 1. The van der Waals surface area contributed by atoms with Gasteiger partial charge in [0.15, 0.2) is 0 Å². The Morgan fingerprint density at radius 1 is 1.21 bits per heavy atom. The minimum absolute atomic E-state index is 0.266. The Balaban J connectivity index is 2.09. The lowest BCUT2D eigenvalue weighted by molar-refractivity contribution is 0.567. The van der Waals surface area contributed by atoms with Gasteiger partial charge in [-0.25, -0.2) is 0 Å². The van der Waals surface area contributed by atoms with Crippen LogP contribution in [0.2, 0.25) is 5.28 Å². The molecule has 6 heteroatoms. The summed E-state index contributed by atoms with van der Waals surface area (Å²) in [5, 5.41) is 3.56. The summed E-state index contributed by atoms with van der Waals surface area (Å²) in [5.74, 6) is 1.28. The van der Waals surface area contributed by atoms with Crippen LogP contribution in [0.3, 0.4) is 0 Å². The Bertz CT molecular complexity index is 406. The molecular weight excluding hydrogens is 262 g/mol. The second kappa shape index (κ2) is 6.89. The van der Waals surface area contributed by atoms with E-state index in [0.717, 1.165) is 25.9 Å². The van der Waals surface area contributed by atoms with Crippen molar-refractivity contribution < 1.29 is 0 Å². The molecule has 2 heterocycles. The van der Waals surface area contributed by atoms with Gasteiger partial charge < -0.3 is 10.2 Å². The van der Waals surface area contributed by atoms with E-state index in [4.69, 9.17) is 11.6 Å². The number of aromatic nitrogens is 3. The highest BCUT2D eigenvalue weighted by molar-refractivity contribution is 6.28. The van der Waals surface area contributed by atoms with Crippen LogP contribution in [-0.4, -0.2) is 34.1 Å². The zero-order valence-electron chi connectivity index (χ0n) is 11.7. The van der Waals surface area contributed by atoms with E-state index >= 15 is 0 Å². The molecule has 1 aromatic rings. The molecule has 0 aliphatic carbocycles. The maximum absolute atomic E-state index is 6.00. The number of halogens is 1. The van der Waals surface area contributed by atoms with Gasteiger partial charge in [0.1, 0.15) is 0 Å². The monoisotopic (exact) mass is 283 g/mol. The third kappa shape index (κ3) is 4.20. The van der Waals surface area contributed by atoms with Crippen LogP contribution in [0, 0.1) is 0 Å². The van der Waals surface area contributed by atoms with Crippen LogP contribution in [0.15, 0.2) is 0 Å². The highest BCUT2D eigenvalue weighted by Gasteiger charge is 2.16. The lowest BCUT2D eigenvalue weighted by Gasteiger charge is -2.26. The Labute approximate surface area is 119 Å². The van der Waals surface area contributed by atoms with E-state index < -0.39 is 0 Å². The number of anilines is 2. The van der Waals surface area contributed by atoms with E-state index in [1.165, 1.54) is 19.3 Å². The Morgan fingerprint density at radius 3 is 2.63 bits per heavy atom. The summed E-state index contributed by atoms with van der Waals surface area (Å²) in [6.45, 7) is 6.30. The Kier molecular flexibility index (Phi) is 5.19. The molecule has 0 bridgehead atoms. The van der Waals surface area contributed by atoms with Crippen LogP contribution in [-0.2, 0) is 0 Å². The number of rotatable bonds is 5. The number of nitrogens with zero attached hydrogens (tertiary/aromatic N) is 4. The van der Waals surface area contributed by atoms with Crippen molar-refractivity contribution in [1.82, 2.24) is 15.0 Å². The van der Waals surface area contributed by atoms with Crippen LogP contribution in [0.25, 0.3) is 0 Å². The molecule has 1 saturated heterocycles. The molecule has 5 nitrogen and oxygen atoms in total. The van der Waals surface area contributed by atoms with Gasteiger partial charge in [0, 0.05) is 19.1 Å². The van der Waals surface area contributed by atoms with Gasteiger partial charge >= 0.3 is 0 Å². The Hall–Kier alpha value is -1.10. The third-order valence-electron chi connectivity index (χ3n) is 3.33. The van der Waals surface area contributed by atoms with E-state index in [0.29, 0.717) is 17.9 Å². The predicted octanol–water partition coefficient (Wildman–Crippen LogP) is 3.12. The average Bonchev–Trinajstić information content (AvgIpc) is 2.39. The van der Waals surface area contributed by atoms with E-state index in [9.17, 15) is 0 Å². The van der Waals surface area contributed by atoms with Gasteiger partial charge in [-0.2, -0.15) is 15.0 Å². The van der Waals surface area contributed by atoms with Gasteiger partial charge in [-0.1, -0.05) is 13.3 Å². The van der Waals surface area contributed by atoms with Crippen molar-refractivity contribution in [2.45, 2.75) is 52.0 Å². The minimum atomic E-state index is 0.266. The molecule has 1 atom stereocenters. The van der Waals surface area contributed by atoms with Gasteiger partial charge in [-0.05, 0) is 44.2 Å². The van der Waals surface area contributed by atoms with Crippen molar-refractivity contribution in [3.05, 3.63) is 5.28 Å². The van der Waals surface area contributed by atoms with Gasteiger partial charge in [0.25, 0.3) is 0 Å². The number of nitrogens with one attached hydrogen (secondary N) is 1. The number of hydrogen-bond acceptors (Lipinski definition) is 5. The van der Waals surface area contributed by atoms with Crippen molar-refractivity contribution in [1.29, 1.82) is 0 Å². The quantitative estimate of drug-likeness (QED) is 0.900. The highest BCUT2D eigenvalue weighted by Crippen LogP contribution is 2.19. The first-order valence-corrected chi connectivity index (χ1v) is 7.50. The smallest absolute Gasteiger partial charge is 0.231 e. The molecule has 1 fully saturated rings. The maximum Gasteiger partial charge on any atom is 0.231 e. The lowest BCUT2D eigenvalue weighted by Crippen LogP contribution is -2.31. The molecule has 106 valence electrons. The van der Waals surface area contributed by atoms with Crippen LogP contribution < -0.4 is 10.2 Å². The first-order valence-electron chi connectivity index (χ1n) is 7.12. The van der Waals surface area contributed by atoms with E-state index in [1.54, 1.807) is 0 Å². The van der Waals surface area contributed by atoms with Gasteiger partial charge in [-0.3, -0.25) is 0 Å². The molecule has 1 N–H and O–H groups in total. The highest BCUT2D eigenvalue weighted by atomic mass is 35.5. The van der Waals surface area contributed by atoms with Crippen molar-refractivity contribution in [2.75, 3.05) is 23.3 Å². The summed E-state index contributed by atoms with van der Waals surface area (Å²) < 4.78 is 0. The maximum atomic E-state index is 6.00. The van der Waals surface area contributed by atoms with Crippen LogP contribution in [0.4, 0.5) is 11.9 Å². The molecule has 1 aliphatic heterocycles. The molecule has 1 aliphatic rings. The molecule has 0 saturated carbocycles. The molecule has 0 aromatic carbocycles. The summed E-state index contributed by atoms with van der Waals surface area (Å²) >= 11 is 6.00. The molecule has 0 radical (unpaired) electrons. The zero-order chi connectivity index (χ0) is 13.7.